The second kappa shape index (κ2) is 7.51. The normalized spacial score (nSPS) is 26.1. The standard InChI is InChI=1S/C20H30N4O2/c1-22-11-3-2-4-18(20(22)26)23-12-9-15(10-13-23)14-24-19(25)8-7-17(21-24)16-5-6-16/h7-8,15-16,18H,2-6,9-14H2,1H3. The number of carbonyl (C=O) groups excluding carboxylic acids is 1. The van der Waals surface area contributed by atoms with Gasteiger partial charge in [-0.2, -0.15) is 5.10 Å². The van der Waals surface area contributed by atoms with Gasteiger partial charge in [-0.3, -0.25) is 14.5 Å². The highest BCUT2D eigenvalue weighted by Crippen LogP contribution is 2.38. The van der Waals surface area contributed by atoms with E-state index in [1.54, 1.807) is 10.7 Å². The van der Waals surface area contributed by atoms with Crippen LogP contribution in [0, 0.1) is 5.92 Å². The number of hydrogen-bond acceptors (Lipinski definition) is 4. The minimum atomic E-state index is 0.0115. The highest BCUT2D eigenvalue weighted by molar-refractivity contribution is 5.81. The molecule has 6 heteroatoms. The molecule has 0 N–H and O–H groups in total. The molecule has 0 radical (unpaired) electrons. The molecule has 2 aliphatic heterocycles. The average Bonchev–Trinajstić information content (AvgIpc) is 3.49. The van der Waals surface area contributed by atoms with Crippen LogP contribution in [0.3, 0.4) is 0 Å². The van der Waals surface area contributed by atoms with Gasteiger partial charge in [0.25, 0.3) is 5.56 Å². The van der Waals surface area contributed by atoms with Crippen molar-refractivity contribution >= 4 is 5.91 Å². The zero-order valence-electron chi connectivity index (χ0n) is 15.8. The first-order valence-electron chi connectivity index (χ1n) is 10.2. The van der Waals surface area contributed by atoms with E-state index in [0.29, 0.717) is 18.4 Å². The fourth-order valence-electron chi connectivity index (χ4n) is 4.40. The van der Waals surface area contributed by atoms with Gasteiger partial charge in [0.1, 0.15) is 0 Å². The first-order valence-corrected chi connectivity index (χ1v) is 10.2. The molecule has 2 saturated heterocycles. The maximum Gasteiger partial charge on any atom is 0.266 e. The van der Waals surface area contributed by atoms with Gasteiger partial charge in [0.15, 0.2) is 0 Å². The molecule has 142 valence electrons. The number of rotatable bonds is 4. The molecule has 1 aromatic rings. The van der Waals surface area contributed by atoms with E-state index in [1.165, 1.54) is 12.8 Å². The van der Waals surface area contributed by atoms with Crippen LogP contribution in [0.1, 0.15) is 56.6 Å². The molecule has 0 aromatic carbocycles. The Bertz CT molecular complexity index is 704. The molecular formula is C20H30N4O2. The smallest absolute Gasteiger partial charge is 0.266 e. The number of aromatic nitrogens is 2. The number of likely N-dealkylation sites (tertiary alicyclic amines) is 2. The van der Waals surface area contributed by atoms with Gasteiger partial charge in [0, 0.05) is 32.1 Å². The quantitative estimate of drug-likeness (QED) is 0.824. The Kier molecular flexibility index (Phi) is 5.11. The second-order valence-corrected chi connectivity index (χ2v) is 8.30. The SMILES string of the molecule is CN1CCCCC(N2CCC(Cn3nc(C4CC4)ccc3=O)CC2)C1=O. The molecule has 6 nitrogen and oxygen atoms in total. The molecule has 1 aliphatic carbocycles. The van der Waals surface area contributed by atoms with Crippen LogP contribution in [-0.4, -0.2) is 58.2 Å². The Morgan fingerprint density at radius 1 is 1.00 bits per heavy atom. The predicted octanol–water partition coefficient (Wildman–Crippen LogP) is 1.84. The summed E-state index contributed by atoms with van der Waals surface area (Å²) in [6, 6.07) is 3.63. The highest BCUT2D eigenvalue weighted by Gasteiger charge is 2.33. The topological polar surface area (TPSA) is 58.4 Å². The maximum atomic E-state index is 12.6. The minimum Gasteiger partial charge on any atom is -0.344 e. The van der Waals surface area contributed by atoms with Gasteiger partial charge in [0.05, 0.1) is 11.7 Å². The Labute approximate surface area is 155 Å². The second-order valence-electron chi connectivity index (χ2n) is 8.30. The number of piperidine rings is 1. The number of carbonyl (C=O) groups is 1. The molecule has 0 spiro atoms. The summed E-state index contributed by atoms with van der Waals surface area (Å²) in [6.45, 7) is 3.50. The van der Waals surface area contributed by atoms with Crippen molar-refractivity contribution < 1.29 is 4.79 Å². The van der Waals surface area contributed by atoms with Crippen molar-refractivity contribution in [1.82, 2.24) is 19.6 Å². The molecule has 26 heavy (non-hydrogen) atoms. The largest absolute Gasteiger partial charge is 0.344 e. The Balaban J connectivity index is 1.36. The minimum absolute atomic E-state index is 0.0115. The predicted molar refractivity (Wildman–Crippen MR) is 100 cm³/mol. The first kappa shape index (κ1) is 17.7. The lowest BCUT2D eigenvalue weighted by molar-refractivity contribution is -0.135. The zero-order chi connectivity index (χ0) is 18.1. The van der Waals surface area contributed by atoms with Gasteiger partial charge in [0.2, 0.25) is 5.91 Å². The van der Waals surface area contributed by atoms with Gasteiger partial charge in [-0.15, -0.1) is 0 Å². The van der Waals surface area contributed by atoms with Crippen molar-refractivity contribution in [1.29, 1.82) is 0 Å². The Morgan fingerprint density at radius 2 is 1.77 bits per heavy atom. The van der Waals surface area contributed by atoms with E-state index < -0.39 is 0 Å². The van der Waals surface area contributed by atoms with E-state index in [2.05, 4.69) is 10.00 Å². The van der Waals surface area contributed by atoms with Crippen LogP contribution in [0.2, 0.25) is 0 Å². The molecule has 3 heterocycles. The van der Waals surface area contributed by atoms with Crippen LogP contribution in [0.5, 0.6) is 0 Å². The van der Waals surface area contributed by atoms with Gasteiger partial charge in [-0.1, -0.05) is 0 Å². The summed E-state index contributed by atoms with van der Waals surface area (Å²) >= 11 is 0. The summed E-state index contributed by atoms with van der Waals surface area (Å²) in [4.78, 5) is 29.0. The molecule has 1 unspecified atom stereocenters. The number of amides is 1. The number of hydrogen-bond donors (Lipinski definition) is 0. The van der Waals surface area contributed by atoms with Crippen LogP contribution in [0.25, 0.3) is 0 Å². The van der Waals surface area contributed by atoms with Crippen LogP contribution in [-0.2, 0) is 11.3 Å². The van der Waals surface area contributed by atoms with E-state index in [9.17, 15) is 9.59 Å². The summed E-state index contributed by atoms with van der Waals surface area (Å²) in [5.74, 6) is 1.34. The van der Waals surface area contributed by atoms with Crippen molar-refractivity contribution in [3.05, 3.63) is 28.2 Å². The van der Waals surface area contributed by atoms with Crippen LogP contribution in [0.15, 0.2) is 16.9 Å². The van der Waals surface area contributed by atoms with Crippen molar-refractivity contribution in [2.75, 3.05) is 26.7 Å². The Hall–Kier alpha value is -1.69. The van der Waals surface area contributed by atoms with Crippen molar-refractivity contribution in [3.8, 4) is 0 Å². The third-order valence-corrected chi connectivity index (χ3v) is 6.29. The van der Waals surface area contributed by atoms with E-state index in [0.717, 1.165) is 57.4 Å². The van der Waals surface area contributed by atoms with E-state index in [1.807, 2.05) is 18.0 Å². The fraction of sp³-hybridized carbons (Fsp3) is 0.750. The molecule has 3 aliphatic rings. The van der Waals surface area contributed by atoms with Crippen molar-refractivity contribution in [2.24, 2.45) is 5.92 Å². The van der Waals surface area contributed by atoms with Crippen molar-refractivity contribution in [2.45, 2.75) is 63.5 Å². The van der Waals surface area contributed by atoms with E-state index in [4.69, 9.17) is 0 Å². The van der Waals surface area contributed by atoms with Gasteiger partial charge in [-0.25, -0.2) is 4.68 Å². The van der Waals surface area contributed by atoms with Gasteiger partial charge in [-0.05, 0) is 70.0 Å². The molecule has 4 rings (SSSR count). The lowest BCUT2D eigenvalue weighted by Crippen LogP contribution is -2.49. The monoisotopic (exact) mass is 358 g/mol. The first-order chi connectivity index (χ1) is 12.6. The lowest BCUT2D eigenvalue weighted by atomic mass is 9.94. The summed E-state index contributed by atoms with van der Waals surface area (Å²) < 4.78 is 1.68. The molecule has 1 saturated carbocycles. The fourth-order valence-corrected chi connectivity index (χ4v) is 4.40. The molecular weight excluding hydrogens is 328 g/mol. The lowest BCUT2D eigenvalue weighted by Gasteiger charge is -2.37. The molecule has 0 bridgehead atoms. The van der Waals surface area contributed by atoms with Crippen molar-refractivity contribution in [3.63, 3.8) is 0 Å². The summed E-state index contributed by atoms with van der Waals surface area (Å²) in [5.41, 5.74) is 1.09. The van der Waals surface area contributed by atoms with E-state index >= 15 is 0 Å². The zero-order valence-corrected chi connectivity index (χ0v) is 15.8. The number of nitrogens with zero attached hydrogens (tertiary/aromatic N) is 4. The Morgan fingerprint density at radius 3 is 2.50 bits per heavy atom. The average molecular weight is 358 g/mol. The summed E-state index contributed by atoms with van der Waals surface area (Å²) in [6.07, 6.45) is 7.71. The molecule has 1 amide bonds. The number of likely N-dealkylation sites (N-methyl/N-ethyl adjacent to an activating group) is 1. The van der Waals surface area contributed by atoms with Gasteiger partial charge >= 0.3 is 0 Å². The van der Waals surface area contributed by atoms with Gasteiger partial charge < -0.3 is 4.90 Å². The molecule has 1 atom stereocenters. The van der Waals surface area contributed by atoms with Crippen LogP contribution in [0.4, 0.5) is 0 Å². The van der Waals surface area contributed by atoms with Crippen LogP contribution >= 0.6 is 0 Å². The molecule has 1 aromatic heterocycles. The third kappa shape index (κ3) is 3.85. The maximum absolute atomic E-state index is 12.6. The molecule has 3 fully saturated rings. The summed E-state index contributed by atoms with van der Waals surface area (Å²) in [7, 11) is 1.93. The summed E-state index contributed by atoms with van der Waals surface area (Å²) in [5, 5.41) is 4.60. The van der Waals surface area contributed by atoms with Crippen LogP contribution < -0.4 is 5.56 Å². The highest BCUT2D eigenvalue weighted by atomic mass is 16.2. The third-order valence-electron chi connectivity index (χ3n) is 6.29. The van der Waals surface area contributed by atoms with E-state index in [-0.39, 0.29) is 17.5 Å².